The number of nitrogens with zero attached hydrogens (tertiary/aromatic N) is 1. The highest BCUT2D eigenvalue weighted by atomic mass is 16.6. The number of benzene rings is 1. The Kier molecular flexibility index (Phi) is 10.4. The molecule has 9 nitrogen and oxygen atoms in total. The largest absolute Gasteiger partial charge is 0.468 e. The van der Waals surface area contributed by atoms with E-state index in [1.54, 1.807) is 45.0 Å². The number of alkyl carbamates (subject to hydrolysis) is 1. The van der Waals surface area contributed by atoms with Crippen molar-refractivity contribution in [1.82, 2.24) is 15.5 Å². The van der Waals surface area contributed by atoms with Gasteiger partial charge < -0.3 is 25.0 Å². The molecule has 0 aliphatic carbocycles. The normalized spacial score (nSPS) is 11.7. The minimum absolute atomic E-state index is 0.253. The number of nitrogens with one attached hydrogen (secondary N) is 2. The molecule has 3 amide bonds. The van der Waals surface area contributed by atoms with Crippen molar-refractivity contribution < 1.29 is 28.7 Å². The Hall–Kier alpha value is -3.36. The monoisotopic (exact) mass is 447 g/mol. The summed E-state index contributed by atoms with van der Waals surface area (Å²) in [5.74, 6) is -1.63. The van der Waals surface area contributed by atoms with Gasteiger partial charge in [0.25, 0.3) is 0 Å². The smallest absolute Gasteiger partial charge is 0.408 e. The first-order chi connectivity index (χ1) is 15.0. The van der Waals surface area contributed by atoms with Gasteiger partial charge in [0.05, 0.1) is 7.11 Å². The Labute approximate surface area is 189 Å². The number of methoxy groups -OCH3 is 1. The maximum absolute atomic E-state index is 13.1. The van der Waals surface area contributed by atoms with Crippen LogP contribution in [0, 0.1) is 0 Å². The summed E-state index contributed by atoms with van der Waals surface area (Å²) in [6.45, 7) is 10.3. The second-order valence-corrected chi connectivity index (χ2v) is 8.01. The average molecular weight is 448 g/mol. The third-order valence-electron chi connectivity index (χ3n) is 4.22. The van der Waals surface area contributed by atoms with Gasteiger partial charge in [-0.2, -0.15) is 0 Å². The minimum Gasteiger partial charge on any atom is -0.468 e. The number of hydrogen-bond donors (Lipinski definition) is 2. The molecule has 0 saturated carbocycles. The van der Waals surface area contributed by atoms with E-state index in [-0.39, 0.29) is 19.6 Å². The van der Waals surface area contributed by atoms with E-state index in [1.807, 2.05) is 13.0 Å². The molecule has 1 aromatic rings. The molecule has 2 N–H and O–H groups in total. The molecule has 32 heavy (non-hydrogen) atoms. The fraction of sp³-hybridized carbons (Fsp3) is 0.478. The maximum atomic E-state index is 13.1. The van der Waals surface area contributed by atoms with Gasteiger partial charge in [0, 0.05) is 6.54 Å². The van der Waals surface area contributed by atoms with Gasteiger partial charge in [0.15, 0.2) is 0 Å². The third kappa shape index (κ3) is 8.79. The third-order valence-corrected chi connectivity index (χ3v) is 4.22. The van der Waals surface area contributed by atoms with Crippen molar-refractivity contribution in [2.75, 3.05) is 26.7 Å². The SMILES string of the molecule is C=Cc1cccc(C(C(=O)NCC(=O)OC)N(CCC)C(=O)CNC(=O)OC(C)(C)C)c1. The van der Waals surface area contributed by atoms with Crippen molar-refractivity contribution in [2.24, 2.45) is 0 Å². The van der Waals surface area contributed by atoms with E-state index in [1.165, 1.54) is 12.0 Å². The molecule has 1 aromatic carbocycles. The van der Waals surface area contributed by atoms with Crippen LogP contribution in [0.3, 0.4) is 0 Å². The average Bonchev–Trinajstić information content (AvgIpc) is 2.74. The number of hydrogen-bond acceptors (Lipinski definition) is 6. The first kappa shape index (κ1) is 26.7. The molecule has 0 fully saturated rings. The molecule has 0 aliphatic rings. The van der Waals surface area contributed by atoms with E-state index in [9.17, 15) is 19.2 Å². The van der Waals surface area contributed by atoms with Gasteiger partial charge in [-0.25, -0.2) is 4.79 Å². The number of carbonyl (C=O) groups excluding carboxylic acids is 4. The molecule has 0 heterocycles. The summed E-state index contributed by atoms with van der Waals surface area (Å²) >= 11 is 0. The van der Waals surface area contributed by atoms with Crippen LogP contribution < -0.4 is 10.6 Å². The molecular weight excluding hydrogens is 414 g/mol. The first-order valence-corrected chi connectivity index (χ1v) is 10.4. The van der Waals surface area contributed by atoms with Gasteiger partial charge in [-0.15, -0.1) is 0 Å². The fourth-order valence-electron chi connectivity index (χ4n) is 2.86. The predicted molar refractivity (Wildman–Crippen MR) is 121 cm³/mol. The number of amides is 3. The van der Waals surface area contributed by atoms with Gasteiger partial charge in [-0.05, 0) is 44.4 Å². The minimum atomic E-state index is -1.02. The van der Waals surface area contributed by atoms with Crippen LogP contribution in [-0.4, -0.2) is 61.1 Å². The second kappa shape index (κ2) is 12.5. The summed E-state index contributed by atoms with van der Waals surface area (Å²) < 4.78 is 9.74. The van der Waals surface area contributed by atoms with Crippen molar-refractivity contribution in [3.63, 3.8) is 0 Å². The molecule has 1 unspecified atom stereocenters. The van der Waals surface area contributed by atoms with Crippen molar-refractivity contribution >= 4 is 30.0 Å². The van der Waals surface area contributed by atoms with Gasteiger partial charge >= 0.3 is 12.1 Å². The van der Waals surface area contributed by atoms with E-state index < -0.39 is 35.5 Å². The van der Waals surface area contributed by atoms with E-state index in [2.05, 4.69) is 21.9 Å². The molecule has 0 radical (unpaired) electrons. The zero-order valence-electron chi connectivity index (χ0n) is 19.4. The molecule has 176 valence electrons. The highest BCUT2D eigenvalue weighted by molar-refractivity contribution is 5.92. The van der Waals surface area contributed by atoms with Crippen molar-refractivity contribution in [1.29, 1.82) is 0 Å². The molecule has 0 aliphatic heterocycles. The lowest BCUT2D eigenvalue weighted by molar-refractivity contribution is -0.143. The zero-order chi connectivity index (χ0) is 24.3. The van der Waals surface area contributed by atoms with Crippen LogP contribution >= 0.6 is 0 Å². The van der Waals surface area contributed by atoms with Crippen LogP contribution in [0.1, 0.15) is 51.3 Å². The predicted octanol–water partition coefficient (Wildman–Crippen LogP) is 2.42. The molecule has 0 aromatic heterocycles. The maximum Gasteiger partial charge on any atom is 0.408 e. The lowest BCUT2D eigenvalue weighted by Crippen LogP contribution is -2.48. The summed E-state index contributed by atoms with van der Waals surface area (Å²) in [6, 6.07) is 6.00. The Morgan fingerprint density at radius 2 is 1.84 bits per heavy atom. The van der Waals surface area contributed by atoms with Crippen LogP contribution in [0.25, 0.3) is 6.08 Å². The number of esters is 1. The van der Waals surface area contributed by atoms with Crippen molar-refractivity contribution in [3.05, 3.63) is 42.0 Å². The summed E-state index contributed by atoms with van der Waals surface area (Å²) in [5, 5.41) is 4.94. The van der Waals surface area contributed by atoms with E-state index in [0.717, 1.165) is 5.56 Å². The molecule has 9 heteroatoms. The van der Waals surface area contributed by atoms with Gasteiger partial charge in [0.1, 0.15) is 24.7 Å². The number of carbonyl (C=O) groups is 4. The molecule has 0 spiro atoms. The Bertz CT molecular complexity index is 831. The van der Waals surface area contributed by atoms with Crippen LogP contribution in [0.15, 0.2) is 30.8 Å². The van der Waals surface area contributed by atoms with Crippen LogP contribution in [0.5, 0.6) is 0 Å². The Balaban J connectivity index is 3.17. The van der Waals surface area contributed by atoms with E-state index in [4.69, 9.17) is 4.74 Å². The number of ether oxygens (including phenoxy) is 2. The standard InChI is InChI=1S/C23H33N3O6/c1-7-12-26(18(27)14-25-22(30)32-23(3,4)5)20(21(29)24-15-19(28)31-6)17-11-9-10-16(8-2)13-17/h8-11,13,20H,2,7,12,14-15H2,1,3-6H3,(H,24,29)(H,25,30). The highest BCUT2D eigenvalue weighted by Gasteiger charge is 2.31. The second-order valence-electron chi connectivity index (χ2n) is 8.01. The van der Waals surface area contributed by atoms with Gasteiger partial charge in [-0.1, -0.05) is 37.8 Å². The highest BCUT2D eigenvalue weighted by Crippen LogP contribution is 2.23. The number of rotatable bonds is 10. The Morgan fingerprint density at radius 1 is 1.16 bits per heavy atom. The van der Waals surface area contributed by atoms with Crippen molar-refractivity contribution in [3.8, 4) is 0 Å². The molecular formula is C23H33N3O6. The van der Waals surface area contributed by atoms with Crippen molar-refractivity contribution in [2.45, 2.75) is 45.8 Å². The zero-order valence-corrected chi connectivity index (χ0v) is 19.4. The van der Waals surface area contributed by atoms with Crippen LogP contribution in [0.2, 0.25) is 0 Å². The summed E-state index contributed by atoms with van der Waals surface area (Å²) in [4.78, 5) is 50.9. The Morgan fingerprint density at radius 3 is 2.41 bits per heavy atom. The van der Waals surface area contributed by atoms with Crippen LogP contribution in [0.4, 0.5) is 4.79 Å². The lowest BCUT2D eigenvalue weighted by Gasteiger charge is -2.31. The molecule has 0 bridgehead atoms. The first-order valence-electron chi connectivity index (χ1n) is 10.4. The van der Waals surface area contributed by atoms with E-state index >= 15 is 0 Å². The van der Waals surface area contributed by atoms with Gasteiger partial charge in [0.2, 0.25) is 11.8 Å². The van der Waals surface area contributed by atoms with Crippen LogP contribution in [-0.2, 0) is 23.9 Å². The summed E-state index contributed by atoms with van der Waals surface area (Å²) in [5.41, 5.74) is 0.602. The molecule has 1 atom stereocenters. The summed E-state index contributed by atoms with van der Waals surface area (Å²) in [6.07, 6.45) is 1.46. The van der Waals surface area contributed by atoms with Gasteiger partial charge in [-0.3, -0.25) is 14.4 Å². The summed E-state index contributed by atoms with van der Waals surface area (Å²) in [7, 11) is 1.22. The molecule has 1 rings (SSSR count). The van der Waals surface area contributed by atoms with E-state index in [0.29, 0.717) is 12.0 Å². The lowest BCUT2D eigenvalue weighted by atomic mass is 10.0. The topological polar surface area (TPSA) is 114 Å². The quantitative estimate of drug-likeness (QED) is 0.533. The molecule has 0 saturated heterocycles. The fourth-order valence-corrected chi connectivity index (χ4v) is 2.86.